The molecule has 0 aliphatic carbocycles. The van der Waals surface area contributed by atoms with Gasteiger partial charge in [-0.05, 0) is 18.2 Å². The zero-order chi connectivity index (χ0) is 11.3. The van der Waals surface area contributed by atoms with E-state index in [1.54, 1.807) is 17.8 Å². The molecule has 3 nitrogen and oxygen atoms in total. The van der Waals surface area contributed by atoms with Crippen molar-refractivity contribution in [3.63, 3.8) is 0 Å². The molecule has 0 bridgehead atoms. The van der Waals surface area contributed by atoms with Crippen molar-refractivity contribution in [2.24, 2.45) is 0 Å². The maximum Gasteiger partial charge on any atom is 0.270 e. The summed E-state index contributed by atoms with van der Waals surface area (Å²) in [7, 11) is 0. The van der Waals surface area contributed by atoms with E-state index < -0.39 is 4.92 Å². The Labute approximate surface area is 102 Å². The number of hydrogen-bond acceptors (Lipinski definition) is 3. The third-order valence-electron chi connectivity index (χ3n) is 1.66. The third-order valence-corrected chi connectivity index (χ3v) is 3.51. The zero-order valence-corrected chi connectivity index (χ0v) is 10.1. The van der Waals surface area contributed by atoms with E-state index in [9.17, 15) is 10.1 Å². The van der Waals surface area contributed by atoms with Gasteiger partial charge >= 0.3 is 0 Å². The smallest absolute Gasteiger partial charge is 0.258 e. The van der Waals surface area contributed by atoms with Crippen LogP contribution in [-0.4, -0.2) is 16.6 Å². The maximum atomic E-state index is 10.4. The minimum atomic E-state index is -0.459. The molecule has 0 N–H and O–H groups in total. The summed E-state index contributed by atoms with van der Waals surface area (Å²) in [6, 6.07) is 4.48. The average molecular weight is 266 g/mol. The van der Waals surface area contributed by atoms with Gasteiger partial charge in [0, 0.05) is 22.9 Å². The average Bonchev–Trinajstić information content (AvgIpc) is 2.20. The van der Waals surface area contributed by atoms with Crippen LogP contribution in [0.1, 0.15) is 6.42 Å². The lowest BCUT2D eigenvalue weighted by molar-refractivity contribution is -0.384. The Balaban J connectivity index is 2.70. The van der Waals surface area contributed by atoms with Gasteiger partial charge in [0.05, 0.1) is 9.95 Å². The van der Waals surface area contributed by atoms with Gasteiger partial charge in [0.15, 0.2) is 0 Å². The fourth-order valence-electron chi connectivity index (χ4n) is 0.957. The highest BCUT2D eigenvalue weighted by Gasteiger charge is 2.09. The van der Waals surface area contributed by atoms with Crippen molar-refractivity contribution < 1.29 is 4.92 Å². The highest BCUT2D eigenvalue weighted by molar-refractivity contribution is 7.99. The quantitative estimate of drug-likeness (QED) is 0.266. The third kappa shape index (κ3) is 3.89. The van der Waals surface area contributed by atoms with Gasteiger partial charge in [-0.3, -0.25) is 10.1 Å². The Kier molecular flexibility index (Phi) is 5.22. The van der Waals surface area contributed by atoms with Crippen LogP contribution in [0.3, 0.4) is 0 Å². The highest BCUT2D eigenvalue weighted by atomic mass is 35.5. The minimum absolute atomic E-state index is 0.0155. The molecule has 0 atom stereocenters. The molecule has 0 radical (unpaired) electrons. The first-order valence-corrected chi connectivity index (χ1v) is 6.17. The number of nitro benzene ring substituents is 1. The summed E-state index contributed by atoms with van der Waals surface area (Å²) in [5.74, 6) is 1.47. The van der Waals surface area contributed by atoms with E-state index in [2.05, 4.69) is 0 Å². The zero-order valence-electron chi connectivity index (χ0n) is 7.78. The Hall–Kier alpha value is -0.450. The fourth-order valence-corrected chi connectivity index (χ4v) is 2.46. The van der Waals surface area contributed by atoms with Crippen molar-refractivity contribution >= 4 is 40.7 Å². The lowest BCUT2D eigenvalue weighted by atomic mass is 10.3. The number of nitrogens with zero attached hydrogens (tertiary/aromatic N) is 1. The van der Waals surface area contributed by atoms with E-state index >= 15 is 0 Å². The standard InChI is InChI=1S/C9H9Cl2NO2S/c10-4-1-5-15-9-3-2-7(12(13)14)6-8(9)11/h2-3,6H,1,4-5H2. The number of nitro groups is 1. The molecule has 1 rings (SSSR count). The van der Waals surface area contributed by atoms with Crippen molar-refractivity contribution in [1.29, 1.82) is 0 Å². The summed E-state index contributed by atoms with van der Waals surface area (Å²) in [6.45, 7) is 0. The van der Waals surface area contributed by atoms with Crippen molar-refractivity contribution in [1.82, 2.24) is 0 Å². The molecule has 0 amide bonds. The number of halogens is 2. The molecule has 0 aromatic heterocycles. The summed E-state index contributed by atoms with van der Waals surface area (Å²) in [5.41, 5.74) is 0.0155. The Bertz CT molecular complexity index is 360. The van der Waals surface area contributed by atoms with E-state index in [4.69, 9.17) is 23.2 Å². The first-order chi connectivity index (χ1) is 7.15. The molecule has 1 aromatic rings. The SMILES string of the molecule is O=[N+]([O-])c1ccc(SCCCCl)c(Cl)c1. The van der Waals surface area contributed by atoms with E-state index in [1.165, 1.54) is 12.1 Å². The molecule has 0 fully saturated rings. The van der Waals surface area contributed by atoms with Gasteiger partial charge < -0.3 is 0 Å². The van der Waals surface area contributed by atoms with Crippen LogP contribution in [0.15, 0.2) is 23.1 Å². The molecule has 0 heterocycles. The molecular formula is C9H9Cl2NO2S. The van der Waals surface area contributed by atoms with Gasteiger partial charge in [-0.15, -0.1) is 23.4 Å². The van der Waals surface area contributed by atoms with E-state index in [0.717, 1.165) is 17.1 Å². The molecule has 0 unspecified atom stereocenters. The van der Waals surface area contributed by atoms with E-state index in [1.807, 2.05) is 0 Å². The van der Waals surface area contributed by atoms with Gasteiger partial charge in [0.1, 0.15) is 0 Å². The van der Waals surface area contributed by atoms with Gasteiger partial charge in [0.25, 0.3) is 5.69 Å². The Morgan fingerprint density at radius 3 is 2.73 bits per heavy atom. The van der Waals surface area contributed by atoms with Crippen LogP contribution in [0, 0.1) is 10.1 Å². The predicted octanol–water partition coefficient (Wildman–Crippen LogP) is 3.97. The summed E-state index contributed by atoms with van der Waals surface area (Å²) in [5, 5.41) is 10.9. The molecular weight excluding hydrogens is 257 g/mol. The van der Waals surface area contributed by atoms with Gasteiger partial charge in [0.2, 0.25) is 0 Å². The number of thioether (sulfide) groups is 1. The molecule has 0 saturated heterocycles. The number of hydrogen-bond donors (Lipinski definition) is 0. The van der Waals surface area contributed by atoms with Crippen LogP contribution in [0.5, 0.6) is 0 Å². The van der Waals surface area contributed by atoms with Crippen LogP contribution >= 0.6 is 35.0 Å². The molecule has 82 valence electrons. The summed E-state index contributed by atoms with van der Waals surface area (Å²) in [4.78, 5) is 10.8. The van der Waals surface area contributed by atoms with Gasteiger partial charge in [-0.2, -0.15) is 0 Å². The Morgan fingerprint density at radius 1 is 1.47 bits per heavy atom. The van der Waals surface area contributed by atoms with Gasteiger partial charge in [-0.1, -0.05) is 11.6 Å². The Morgan fingerprint density at radius 2 is 2.20 bits per heavy atom. The van der Waals surface area contributed by atoms with Crippen molar-refractivity contribution in [2.75, 3.05) is 11.6 Å². The van der Waals surface area contributed by atoms with Crippen molar-refractivity contribution in [2.45, 2.75) is 11.3 Å². The summed E-state index contributed by atoms with van der Waals surface area (Å²) < 4.78 is 0. The number of non-ortho nitro benzene ring substituents is 1. The number of benzene rings is 1. The normalized spacial score (nSPS) is 10.3. The van der Waals surface area contributed by atoms with E-state index in [0.29, 0.717) is 10.9 Å². The topological polar surface area (TPSA) is 43.1 Å². The molecule has 0 aliphatic rings. The second-order valence-corrected chi connectivity index (χ2v) is 4.68. The lowest BCUT2D eigenvalue weighted by Crippen LogP contribution is -1.88. The summed E-state index contributed by atoms with van der Waals surface area (Å²) >= 11 is 13.0. The van der Waals surface area contributed by atoms with Crippen LogP contribution in [0.2, 0.25) is 5.02 Å². The first-order valence-electron chi connectivity index (χ1n) is 4.28. The molecule has 0 spiro atoms. The highest BCUT2D eigenvalue weighted by Crippen LogP contribution is 2.30. The molecule has 0 saturated carbocycles. The monoisotopic (exact) mass is 265 g/mol. The second kappa shape index (κ2) is 6.20. The van der Waals surface area contributed by atoms with Gasteiger partial charge in [-0.25, -0.2) is 0 Å². The number of rotatable bonds is 5. The molecule has 6 heteroatoms. The number of alkyl halides is 1. The van der Waals surface area contributed by atoms with Crippen LogP contribution in [0.4, 0.5) is 5.69 Å². The van der Waals surface area contributed by atoms with Crippen LogP contribution < -0.4 is 0 Å². The molecule has 1 aromatic carbocycles. The second-order valence-electron chi connectivity index (χ2n) is 2.76. The van der Waals surface area contributed by atoms with Crippen molar-refractivity contribution in [3.8, 4) is 0 Å². The molecule has 0 aliphatic heterocycles. The largest absolute Gasteiger partial charge is 0.270 e. The first kappa shape index (κ1) is 12.6. The maximum absolute atomic E-state index is 10.4. The fraction of sp³-hybridized carbons (Fsp3) is 0.333. The van der Waals surface area contributed by atoms with Crippen molar-refractivity contribution in [3.05, 3.63) is 33.3 Å². The molecule has 15 heavy (non-hydrogen) atoms. The minimum Gasteiger partial charge on any atom is -0.258 e. The van der Waals surface area contributed by atoms with Crippen LogP contribution in [0.25, 0.3) is 0 Å². The predicted molar refractivity (Wildman–Crippen MR) is 64.2 cm³/mol. The van der Waals surface area contributed by atoms with Crippen LogP contribution in [-0.2, 0) is 0 Å². The lowest BCUT2D eigenvalue weighted by Gasteiger charge is -2.02. The van der Waals surface area contributed by atoms with E-state index in [-0.39, 0.29) is 5.69 Å². The summed E-state index contributed by atoms with van der Waals surface area (Å²) in [6.07, 6.45) is 0.888.